The summed E-state index contributed by atoms with van der Waals surface area (Å²) in [6, 6.07) is 0. The Kier molecular flexibility index (Phi) is 12.3. The molecule has 0 aromatic carbocycles. The molecule has 2 aliphatic rings. The van der Waals surface area contributed by atoms with E-state index in [4.69, 9.17) is 4.99 Å². The zero-order chi connectivity index (χ0) is 28.2. The van der Waals surface area contributed by atoms with Crippen molar-refractivity contribution in [2.45, 2.75) is 72.6 Å². The van der Waals surface area contributed by atoms with Crippen molar-refractivity contribution in [1.82, 2.24) is 0 Å². The predicted molar refractivity (Wildman–Crippen MR) is 167 cm³/mol. The molecule has 0 saturated heterocycles. The molecular formula is C35H46N2O. The van der Waals surface area contributed by atoms with Crippen LogP contribution in [0.2, 0.25) is 0 Å². The van der Waals surface area contributed by atoms with Gasteiger partial charge in [-0.1, -0.05) is 81.2 Å². The summed E-state index contributed by atoms with van der Waals surface area (Å²) in [5.74, 6) is 0.528. The van der Waals surface area contributed by atoms with Crippen molar-refractivity contribution in [1.29, 1.82) is 0 Å². The van der Waals surface area contributed by atoms with Crippen LogP contribution in [0.1, 0.15) is 72.6 Å². The molecule has 1 saturated carbocycles. The van der Waals surface area contributed by atoms with E-state index >= 15 is 0 Å². The lowest BCUT2D eigenvalue weighted by atomic mass is 9.90. The molecule has 1 fully saturated rings. The number of aliphatic imine (C=N–C) groups is 2. The van der Waals surface area contributed by atoms with Gasteiger partial charge in [0.1, 0.15) is 0 Å². The van der Waals surface area contributed by atoms with Gasteiger partial charge in [0.2, 0.25) is 0 Å². The molecule has 3 nitrogen and oxygen atoms in total. The highest BCUT2D eigenvalue weighted by atomic mass is 16.1. The molecule has 3 heteroatoms. The van der Waals surface area contributed by atoms with Crippen molar-refractivity contribution in [3.05, 3.63) is 108 Å². The van der Waals surface area contributed by atoms with Crippen LogP contribution in [0.4, 0.5) is 0 Å². The second kappa shape index (κ2) is 15.2. The molecule has 0 bridgehead atoms. The Bertz CT molecular complexity index is 1180. The van der Waals surface area contributed by atoms with Gasteiger partial charge in [-0.05, 0) is 93.1 Å². The fraction of sp³-hybridized carbons (Fsp3) is 0.400. The van der Waals surface area contributed by atoms with Gasteiger partial charge in [-0.3, -0.25) is 14.8 Å². The van der Waals surface area contributed by atoms with E-state index in [1.165, 1.54) is 24.0 Å². The average Bonchev–Trinajstić information content (AvgIpc) is 3.20. The van der Waals surface area contributed by atoms with Crippen LogP contribution in [0.5, 0.6) is 0 Å². The lowest BCUT2D eigenvalue weighted by molar-refractivity contribution is -0.111. The summed E-state index contributed by atoms with van der Waals surface area (Å²) in [4.78, 5) is 22.4. The summed E-state index contributed by atoms with van der Waals surface area (Å²) < 4.78 is 0. The van der Waals surface area contributed by atoms with Crippen LogP contribution in [0.3, 0.4) is 0 Å². The first-order chi connectivity index (χ1) is 18.1. The van der Waals surface area contributed by atoms with Crippen molar-refractivity contribution in [3.8, 4) is 0 Å². The van der Waals surface area contributed by atoms with Gasteiger partial charge in [0.25, 0.3) is 0 Å². The normalized spacial score (nSPS) is 21.6. The number of nitrogens with zero attached hydrogens (tertiary/aromatic N) is 2. The molecule has 2 rings (SSSR count). The molecule has 1 aliphatic heterocycles. The molecule has 1 aliphatic carbocycles. The lowest BCUT2D eigenvalue weighted by Gasteiger charge is -2.16. The van der Waals surface area contributed by atoms with Crippen LogP contribution in [-0.2, 0) is 4.79 Å². The first-order valence-corrected chi connectivity index (χ1v) is 13.8. The van der Waals surface area contributed by atoms with Crippen LogP contribution in [-0.4, -0.2) is 24.3 Å². The maximum atomic E-state index is 12.9. The highest BCUT2D eigenvalue weighted by Gasteiger charge is 2.19. The standard InChI is InChI=1S/C35H46N2O/c1-10-24(4)20-27(7)32(26(6)11-2)22-33(36-9)34-23-35(38)28(8)21-31(37-34)19-18-29(12-3)30-15-13-14-25(5)16-17-30/h10,12,18-20,22-23,27,30H,1,5-6,8,11,13-17,21H2,2-4,7,9H3/b19-18-,24-20-,29-12+,32-22-,36-33+. The molecular weight excluding hydrogens is 464 g/mol. The Hall–Kier alpha value is -3.33. The first-order valence-electron chi connectivity index (χ1n) is 13.8. The maximum Gasteiger partial charge on any atom is 0.183 e. The van der Waals surface area contributed by atoms with Crippen molar-refractivity contribution in [2.24, 2.45) is 21.8 Å². The number of hydrogen-bond donors (Lipinski definition) is 0. The van der Waals surface area contributed by atoms with Crippen LogP contribution in [0.25, 0.3) is 0 Å². The zero-order valence-electron chi connectivity index (χ0n) is 24.3. The zero-order valence-corrected chi connectivity index (χ0v) is 24.3. The van der Waals surface area contributed by atoms with E-state index in [0.29, 0.717) is 29.3 Å². The van der Waals surface area contributed by atoms with E-state index in [1.54, 1.807) is 13.1 Å². The lowest BCUT2D eigenvalue weighted by Crippen LogP contribution is -2.07. The van der Waals surface area contributed by atoms with Crippen LogP contribution < -0.4 is 0 Å². The smallest absolute Gasteiger partial charge is 0.183 e. The number of rotatable bonds is 10. The van der Waals surface area contributed by atoms with Crippen molar-refractivity contribution in [2.75, 3.05) is 7.05 Å². The third kappa shape index (κ3) is 8.90. The first kappa shape index (κ1) is 30.9. The van der Waals surface area contributed by atoms with E-state index in [2.05, 4.69) is 70.3 Å². The second-order valence-corrected chi connectivity index (χ2v) is 10.3. The summed E-state index contributed by atoms with van der Waals surface area (Å²) in [5, 5.41) is 0. The summed E-state index contributed by atoms with van der Waals surface area (Å²) >= 11 is 0. The van der Waals surface area contributed by atoms with Gasteiger partial charge in [0, 0.05) is 25.3 Å². The molecule has 202 valence electrons. The minimum Gasteiger partial charge on any atom is -0.290 e. The largest absolute Gasteiger partial charge is 0.290 e. The quantitative estimate of drug-likeness (QED) is 0.0949. The van der Waals surface area contributed by atoms with Crippen molar-refractivity contribution in [3.63, 3.8) is 0 Å². The fourth-order valence-electron chi connectivity index (χ4n) is 4.94. The molecule has 0 aromatic heterocycles. The van der Waals surface area contributed by atoms with E-state index in [1.807, 2.05) is 25.2 Å². The Morgan fingerprint density at radius 1 is 1.26 bits per heavy atom. The molecule has 1 heterocycles. The van der Waals surface area contributed by atoms with E-state index in [0.717, 1.165) is 48.1 Å². The number of hydrogen-bond acceptors (Lipinski definition) is 3. The third-order valence-corrected chi connectivity index (χ3v) is 7.43. The minimum absolute atomic E-state index is 0.110. The highest BCUT2D eigenvalue weighted by molar-refractivity contribution is 6.19. The van der Waals surface area contributed by atoms with Gasteiger partial charge in [0.05, 0.1) is 11.4 Å². The molecule has 0 amide bonds. The average molecular weight is 511 g/mol. The Balaban J connectivity index is 2.46. The van der Waals surface area contributed by atoms with Gasteiger partial charge in [-0.15, -0.1) is 0 Å². The molecule has 38 heavy (non-hydrogen) atoms. The number of carbonyl (C=O) groups excluding carboxylic acids is 1. The summed E-state index contributed by atoms with van der Waals surface area (Å²) in [6.45, 7) is 24.8. The van der Waals surface area contributed by atoms with E-state index in [9.17, 15) is 4.79 Å². The monoisotopic (exact) mass is 510 g/mol. The Labute approximate surface area is 231 Å². The molecule has 0 N–H and O–H groups in total. The summed E-state index contributed by atoms with van der Waals surface area (Å²) in [7, 11) is 1.74. The minimum atomic E-state index is -0.110. The molecule has 0 radical (unpaired) electrons. The van der Waals surface area contributed by atoms with Crippen LogP contribution in [0, 0.1) is 11.8 Å². The number of carbonyl (C=O) groups is 1. The van der Waals surface area contributed by atoms with Crippen LogP contribution >= 0.6 is 0 Å². The van der Waals surface area contributed by atoms with Crippen LogP contribution in [0.15, 0.2) is 118 Å². The summed E-state index contributed by atoms with van der Waals surface area (Å²) in [5.41, 5.74) is 8.45. The summed E-state index contributed by atoms with van der Waals surface area (Å²) in [6.07, 6.45) is 21.0. The molecule has 2 unspecified atom stereocenters. The van der Waals surface area contributed by atoms with Gasteiger partial charge in [-0.25, -0.2) is 0 Å². The van der Waals surface area contributed by atoms with E-state index < -0.39 is 0 Å². The number of ketones is 1. The predicted octanol–water partition coefficient (Wildman–Crippen LogP) is 9.21. The molecule has 2 atom stereocenters. The van der Waals surface area contributed by atoms with Crippen molar-refractivity contribution < 1.29 is 4.79 Å². The Morgan fingerprint density at radius 3 is 2.63 bits per heavy atom. The maximum absolute atomic E-state index is 12.9. The Morgan fingerprint density at radius 2 is 2.00 bits per heavy atom. The van der Waals surface area contributed by atoms with Gasteiger partial charge >= 0.3 is 0 Å². The van der Waals surface area contributed by atoms with Gasteiger partial charge in [0.15, 0.2) is 5.78 Å². The number of allylic oxidation sites excluding steroid dienone is 13. The molecule has 0 aromatic rings. The SMILES string of the molecule is C=C/C(C)=C\C(C)/C(=C\C(=N/C)C1=CC(=O)C(=C)CC(/C=C\C(=C/C)C2CCCC(=C)CC2)=N1)C(=C)CC. The highest BCUT2D eigenvalue weighted by Crippen LogP contribution is 2.31. The van der Waals surface area contributed by atoms with Gasteiger partial charge in [-0.2, -0.15) is 0 Å². The molecule has 0 spiro atoms. The fourth-order valence-corrected chi connectivity index (χ4v) is 4.94. The van der Waals surface area contributed by atoms with Gasteiger partial charge < -0.3 is 0 Å². The second-order valence-electron chi connectivity index (χ2n) is 10.3. The topological polar surface area (TPSA) is 41.8 Å². The third-order valence-electron chi connectivity index (χ3n) is 7.43. The van der Waals surface area contributed by atoms with Crippen molar-refractivity contribution >= 4 is 17.2 Å². The van der Waals surface area contributed by atoms with E-state index in [-0.39, 0.29) is 11.7 Å².